The molecule has 3 heterocycles. The number of carbonyl (C=O) groups is 1. The lowest BCUT2D eigenvalue weighted by atomic mass is 9.88. The van der Waals surface area contributed by atoms with Gasteiger partial charge in [0.2, 0.25) is 0 Å². The van der Waals surface area contributed by atoms with E-state index in [2.05, 4.69) is 35.3 Å². The van der Waals surface area contributed by atoms with Crippen molar-refractivity contribution in [2.75, 3.05) is 18.5 Å². The van der Waals surface area contributed by atoms with Gasteiger partial charge in [0.25, 0.3) is 5.91 Å². The van der Waals surface area contributed by atoms with Crippen LogP contribution in [0.3, 0.4) is 0 Å². The van der Waals surface area contributed by atoms with E-state index in [1.54, 1.807) is 18.2 Å². The van der Waals surface area contributed by atoms with E-state index in [-0.39, 0.29) is 5.60 Å². The van der Waals surface area contributed by atoms with Crippen LogP contribution in [0.5, 0.6) is 0 Å². The van der Waals surface area contributed by atoms with Crippen LogP contribution in [0, 0.1) is 12.1 Å². The number of nitrogens with one attached hydrogen (secondary N) is 1. The van der Waals surface area contributed by atoms with Gasteiger partial charge in [0.05, 0.1) is 28.1 Å². The van der Waals surface area contributed by atoms with Crippen molar-refractivity contribution in [3.8, 4) is 11.3 Å². The molecule has 7 heteroatoms. The first-order valence-electron chi connectivity index (χ1n) is 8.56. The molecule has 1 radical (unpaired) electrons. The Morgan fingerprint density at radius 1 is 1.50 bits per heavy atom. The molecule has 1 aliphatic rings. The van der Waals surface area contributed by atoms with E-state index in [0.29, 0.717) is 33.6 Å². The Hall–Kier alpha value is -2.18. The lowest BCUT2D eigenvalue weighted by Crippen LogP contribution is -2.36. The van der Waals surface area contributed by atoms with E-state index in [9.17, 15) is 4.79 Å². The molecule has 1 amide bonds. The molecule has 2 aromatic rings. The third-order valence-electron chi connectivity index (χ3n) is 4.51. The quantitative estimate of drug-likeness (QED) is 0.839. The zero-order chi connectivity index (χ0) is 18.7. The molecule has 0 unspecified atom stereocenters. The Morgan fingerprint density at radius 2 is 2.31 bits per heavy atom. The lowest BCUT2D eigenvalue weighted by Gasteiger charge is -2.35. The van der Waals surface area contributed by atoms with Crippen molar-refractivity contribution in [3.05, 3.63) is 41.2 Å². The van der Waals surface area contributed by atoms with Crippen LogP contribution in [0.2, 0.25) is 5.02 Å². The van der Waals surface area contributed by atoms with E-state index < -0.39 is 5.91 Å². The van der Waals surface area contributed by atoms with Crippen LogP contribution in [0.25, 0.3) is 11.3 Å². The molecule has 1 aliphatic heterocycles. The Morgan fingerprint density at radius 3 is 3.00 bits per heavy atom. The number of pyridine rings is 2. The van der Waals surface area contributed by atoms with E-state index in [1.807, 2.05) is 0 Å². The molecule has 3 rings (SSSR count). The number of rotatable bonds is 5. The molecule has 1 saturated heterocycles. The van der Waals surface area contributed by atoms with Crippen molar-refractivity contribution in [2.24, 2.45) is 11.7 Å². The summed E-state index contributed by atoms with van der Waals surface area (Å²) in [6.07, 6.45) is 6.17. The van der Waals surface area contributed by atoms with Crippen LogP contribution in [-0.2, 0) is 4.74 Å². The first kappa shape index (κ1) is 18.6. The second kappa shape index (κ2) is 7.60. The molecular formula is C19H22ClN4O2. The van der Waals surface area contributed by atoms with E-state index in [1.165, 1.54) is 6.20 Å². The van der Waals surface area contributed by atoms with E-state index in [0.717, 1.165) is 26.0 Å². The number of anilines is 1. The third-order valence-corrected chi connectivity index (χ3v) is 4.81. The standard InChI is InChI=1S/C19H22ClN4O2/c1-19(2)9-12(6-8-26-19)10-23-16-4-3-14(18(21)25)17(24-16)13-5-7-22-11-15(13)20/h3-5,11-12H,6,8-10H2,1-2H3,(H2,21,25)(H,23,24)/t12-/m1/s1. The summed E-state index contributed by atoms with van der Waals surface area (Å²) >= 11 is 6.21. The third kappa shape index (κ3) is 4.31. The number of primary amides is 1. The predicted molar refractivity (Wildman–Crippen MR) is 101 cm³/mol. The van der Waals surface area contributed by atoms with Crippen molar-refractivity contribution in [1.82, 2.24) is 9.97 Å². The molecule has 0 aromatic carbocycles. The fraction of sp³-hybridized carbons (Fsp3) is 0.421. The van der Waals surface area contributed by atoms with E-state index in [4.69, 9.17) is 22.1 Å². The van der Waals surface area contributed by atoms with Crippen molar-refractivity contribution < 1.29 is 9.53 Å². The number of halogens is 1. The number of nitrogens with zero attached hydrogens (tertiary/aromatic N) is 2. The minimum atomic E-state index is -0.557. The highest BCUT2D eigenvalue weighted by atomic mass is 35.5. The van der Waals surface area contributed by atoms with Gasteiger partial charge in [-0.1, -0.05) is 11.6 Å². The zero-order valence-electron chi connectivity index (χ0n) is 14.9. The van der Waals surface area contributed by atoms with Gasteiger partial charge in [-0.3, -0.25) is 9.78 Å². The van der Waals surface area contributed by atoms with Crippen LogP contribution in [-0.4, -0.2) is 34.6 Å². The van der Waals surface area contributed by atoms with Gasteiger partial charge < -0.3 is 15.8 Å². The van der Waals surface area contributed by atoms with Crippen molar-refractivity contribution in [3.63, 3.8) is 0 Å². The first-order chi connectivity index (χ1) is 12.4. The van der Waals surface area contributed by atoms with Crippen molar-refractivity contribution in [2.45, 2.75) is 32.3 Å². The fourth-order valence-corrected chi connectivity index (χ4v) is 3.45. The monoisotopic (exact) mass is 373 g/mol. The maximum atomic E-state index is 11.8. The lowest BCUT2D eigenvalue weighted by molar-refractivity contribution is -0.0699. The zero-order valence-corrected chi connectivity index (χ0v) is 15.6. The minimum absolute atomic E-state index is 0.0978. The molecule has 1 fully saturated rings. The maximum absolute atomic E-state index is 11.8. The Balaban J connectivity index is 1.82. The predicted octanol–water partition coefficient (Wildman–Crippen LogP) is 3.31. The fourth-order valence-electron chi connectivity index (χ4n) is 3.26. The number of nitrogens with two attached hydrogens (primary N) is 1. The van der Waals surface area contributed by atoms with Crippen molar-refractivity contribution in [1.29, 1.82) is 0 Å². The summed E-state index contributed by atoms with van der Waals surface area (Å²) in [4.78, 5) is 20.2. The average Bonchev–Trinajstić information content (AvgIpc) is 2.59. The number of ether oxygens (including phenoxy) is 1. The summed E-state index contributed by atoms with van der Waals surface area (Å²) in [5.74, 6) is 0.609. The van der Waals surface area contributed by atoms with Gasteiger partial charge in [0.1, 0.15) is 5.82 Å². The van der Waals surface area contributed by atoms with Gasteiger partial charge in [0, 0.05) is 24.9 Å². The Labute approximate surface area is 158 Å². The summed E-state index contributed by atoms with van der Waals surface area (Å²) in [6.45, 7) is 5.77. The number of aromatic nitrogens is 2. The molecule has 3 N–H and O–H groups in total. The minimum Gasteiger partial charge on any atom is -0.376 e. The Bertz CT molecular complexity index is 810. The summed E-state index contributed by atoms with van der Waals surface area (Å²) in [5.41, 5.74) is 6.71. The molecule has 0 aliphatic carbocycles. The second-order valence-corrected chi connectivity index (χ2v) is 7.51. The molecule has 1 atom stereocenters. The molecule has 6 nitrogen and oxygen atoms in total. The number of hydrogen-bond donors (Lipinski definition) is 2. The van der Waals surface area contributed by atoms with Gasteiger partial charge in [-0.05, 0) is 50.8 Å². The van der Waals surface area contributed by atoms with Gasteiger partial charge in [-0.2, -0.15) is 0 Å². The normalized spacial score (nSPS) is 19.1. The summed E-state index contributed by atoms with van der Waals surface area (Å²) in [7, 11) is 0. The summed E-state index contributed by atoms with van der Waals surface area (Å²) < 4.78 is 5.76. The highest BCUT2D eigenvalue weighted by molar-refractivity contribution is 6.33. The maximum Gasteiger partial charge on any atom is 0.250 e. The molecule has 0 spiro atoms. The number of carbonyl (C=O) groups excluding carboxylic acids is 1. The van der Waals surface area contributed by atoms with Crippen molar-refractivity contribution >= 4 is 23.3 Å². The average molecular weight is 374 g/mol. The largest absolute Gasteiger partial charge is 0.376 e. The topological polar surface area (TPSA) is 90.1 Å². The van der Waals surface area contributed by atoms with Crippen LogP contribution < -0.4 is 11.1 Å². The summed E-state index contributed by atoms with van der Waals surface area (Å²) in [5, 5.41) is 3.75. The molecule has 26 heavy (non-hydrogen) atoms. The Kier molecular flexibility index (Phi) is 5.44. The number of amides is 1. The SMILES string of the molecule is CC1(C)C[C@H](CNc2ccc(C(N)=O)c(-c3c[c]ncc3Cl)n2)CCO1. The van der Waals surface area contributed by atoms with E-state index >= 15 is 0 Å². The van der Waals surface area contributed by atoms with Gasteiger partial charge in [0.15, 0.2) is 0 Å². The molecule has 137 valence electrons. The van der Waals surface area contributed by atoms with Crippen LogP contribution in [0.4, 0.5) is 5.82 Å². The van der Waals surface area contributed by atoms with Crippen LogP contribution >= 0.6 is 11.6 Å². The molecule has 2 aromatic heterocycles. The first-order valence-corrected chi connectivity index (χ1v) is 8.94. The second-order valence-electron chi connectivity index (χ2n) is 7.10. The van der Waals surface area contributed by atoms with Crippen LogP contribution in [0.15, 0.2) is 24.4 Å². The van der Waals surface area contributed by atoms with Gasteiger partial charge in [-0.15, -0.1) is 0 Å². The molecule has 0 saturated carbocycles. The molecular weight excluding hydrogens is 352 g/mol. The van der Waals surface area contributed by atoms with Crippen LogP contribution in [0.1, 0.15) is 37.0 Å². The highest BCUT2D eigenvalue weighted by Crippen LogP contribution is 2.31. The van der Waals surface area contributed by atoms with Gasteiger partial charge >= 0.3 is 0 Å². The molecule has 0 bridgehead atoms. The van der Waals surface area contributed by atoms with Gasteiger partial charge in [-0.25, -0.2) is 4.98 Å². The smallest absolute Gasteiger partial charge is 0.250 e. The highest BCUT2D eigenvalue weighted by Gasteiger charge is 2.28. The summed E-state index contributed by atoms with van der Waals surface area (Å²) in [6, 6.07) is 5.02. The number of hydrogen-bond acceptors (Lipinski definition) is 5.